The maximum Gasteiger partial charge on any atom is 0.217 e. The predicted molar refractivity (Wildman–Crippen MR) is 90.9 cm³/mol. The quantitative estimate of drug-likeness (QED) is 0.787. The summed E-state index contributed by atoms with van der Waals surface area (Å²) in [5, 5.41) is 4.40. The van der Waals surface area contributed by atoms with Gasteiger partial charge in [-0.1, -0.05) is 29.8 Å². The zero-order valence-corrected chi connectivity index (χ0v) is 13.4. The molecule has 23 heavy (non-hydrogen) atoms. The Morgan fingerprint density at radius 2 is 1.96 bits per heavy atom. The fourth-order valence-electron chi connectivity index (χ4n) is 2.74. The Labute approximate surface area is 135 Å². The van der Waals surface area contributed by atoms with E-state index in [0.29, 0.717) is 19.4 Å². The summed E-state index contributed by atoms with van der Waals surface area (Å²) in [4.78, 5) is 15.6. The number of amides is 1. The lowest BCUT2D eigenvalue weighted by Crippen LogP contribution is -2.12. The third-order valence-electron chi connectivity index (χ3n) is 3.93. The number of aromatic nitrogens is 3. The normalized spacial score (nSPS) is 11.0. The lowest BCUT2D eigenvalue weighted by Gasteiger charge is -2.07. The Morgan fingerprint density at radius 1 is 1.22 bits per heavy atom. The van der Waals surface area contributed by atoms with Crippen molar-refractivity contribution in [2.24, 2.45) is 5.73 Å². The Bertz CT molecular complexity index is 849. The molecule has 0 spiro atoms. The molecule has 0 aliphatic rings. The second-order valence-electron chi connectivity index (χ2n) is 5.86. The minimum atomic E-state index is -0.280. The summed E-state index contributed by atoms with van der Waals surface area (Å²) in [5.74, 6) is -0.280. The molecule has 0 radical (unpaired) electrons. The third kappa shape index (κ3) is 3.23. The molecule has 118 valence electrons. The first-order valence-electron chi connectivity index (χ1n) is 7.73. The maximum absolute atomic E-state index is 10.9. The van der Waals surface area contributed by atoms with Gasteiger partial charge in [0.25, 0.3) is 0 Å². The van der Waals surface area contributed by atoms with E-state index in [0.717, 1.165) is 27.9 Å². The van der Waals surface area contributed by atoms with Gasteiger partial charge in [-0.3, -0.25) is 9.48 Å². The van der Waals surface area contributed by atoms with Gasteiger partial charge >= 0.3 is 0 Å². The monoisotopic (exact) mass is 308 g/mol. The zero-order chi connectivity index (χ0) is 16.4. The van der Waals surface area contributed by atoms with Crippen LogP contribution in [0.1, 0.15) is 24.0 Å². The molecule has 0 saturated carbocycles. The molecular weight excluding hydrogens is 288 g/mol. The van der Waals surface area contributed by atoms with Crippen LogP contribution in [0.15, 0.2) is 36.5 Å². The van der Waals surface area contributed by atoms with Crippen LogP contribution in [0.3, 0.4) is 0 Å². The highest BCUT2D eigenvalue weighted by molar-refractivity contribution is 5.81. The van der Waals surface area contributed by atoms with E-state index < -0.39 is 0 Å². The van der Waals surface area contributed by atoms with Crippen LogP contribution in [0.5, 0.6) is 0 Å². The Morgan fingerprint density at radius 3 is 2.65 bits per heavy atom. The second-order valence-corrected chi connectivity index (χ2v) is 5.86. The first-order valence-corrected chi connectivity index (χ1v) is 7.73. The summed E-state index contributed by atoms with van der Waals surface area (Å²) in [6, 6.07) is 10.4. The number of aryl methyl sites for hydroxylation is 3. The molecule has 5 nitrogen and oxygen atoms in total. The van der Waals surface area contributed by atoms with E-state index in [1.807, 2.05) is 4.68 Å². The lowest BCUT2D eigenvalue weighted by molar-refractivity contribution is -0.118. The number of nitrogens with two attached hydrogens (primary N) is 1. The van der Waals surface area contributed by atoms with Crippen molar-refractivity contribution in [3.8, 4) is 11.3 Å². The van der Waals surface area contributed by atoms with Gasteiger partial charge in [-0.2, -0.15) is 5.10 Å². The number of pyridine rings is 1. The summed E-state index contributed by atoms with van der Waals surface area (Å²) in [6.45, 7) is 4.80. The largest absolute Gasteiger partial charge is 0.370 e. The Hall–Kier alpha value is -2.69. The van der Waals surface area contributed by atoms with E-state index in [1.165, 1.54) is 5.56 Å². The Balaban J connectivity index is 1.94. The summed E-state index contributed by atoms with van der Waals surface area (Å²) >= 11 is 0. The van der Waals surface area contributed by atoms with Crippen LogP contribution in [0, 0.1) is 13.8 Å². The molecule has 3 aromatic rings. The topological polar surface area (TPSA) is 73.8 Å². The molecule has 3 rings (SSSR count). The number of hydrogen-bond acceptors (Lipinski definition) is 3. The van der Waals surface area contributed by atoms with Gasteiger partial charge in [0.05, 0.1) is 17.4 Å². The van der Waals surface area contributed by atoms with Gasteiger partial charge in [0, 0.05) is 18.5 Å². The van der Waals surface area contributed by atoms with Gasteiger partial charge < -0.3 is 5.73 Å². The van der Waals surface area contributed by atoms with Crippen LogP contribution >= 0.6 is 0 Å². The number of benzene rings is 1. The highest BCUT2D eigenvalue weighted by Gasteiger charge is 2.10. The van der Waals surface area contributed by atoms with Gasteiger partial charge in [-0.25, -0.2) is 4.98 Å². The first-order chi connectivity index (χ1) is 11.0. The van der Waals surface area contributed by atoms with Crippen molar-refractivity contribution < 1.29 is 4.79 Å². The lowest BCUT2D eigenvalue weighted by atomic mass is 10.1. The fraction of sp³-hybridized carbons (Fsp3) is 0.278. The molecule has 0 aliphatic carbocycles. The van der Waals surface area contributed by atoms with Crippen LogP contribution in [-0.4, -0.2) is 20.7 Å². The van der Waals surface area contributed by atoms with Crippen molar-refractivity contribution in [1.82, 2.24) is 14.8 Å². The van der Waals surface area contributed by atoms with Crippen molar-refractivity contribution in [2.45, 2.75) is 33.2 Å². The van der Waals surface area contributed by atoms with Gasteiger partial charge in [-0.15, -0.1) is 0 Å². The molecular formula is C18H20N4O. The molecule has 0 aliphatic heterocycles. The van der Waals surface area contributed by atoms with Crippen molar-refractivity contribution >= 4 is 16.9 Å². The van der Waals surface area contributed by atoms with E-state index in [2.05, 4.69) is 49.3 Å². The average Bonchev–Trinajstić information content (AvgIpc) is 2.91. The third-order valence-corrected chi connectivity index (χ3v) is 3.93. The summed E-state index contributed by atoms with van der Waals surface area (Å²) in [7, 11) is 0. The molecule has 0 bridgehead atoms. The van der Waals surface area contributed by atoms with E-state index in [4.69, 9.17) is 10.7 Å². The van der Waals surface area contributed by atoms with Crippen LogP contribution in [0.25, 0.3) is 22.3 Å². The molecule has 0 atom stereocenters. The summed E-state index contributed by atoms with van der Waals surface area (Å²) in [5.41, 5.74) is 11.5. The number of carbonyl (C=O) groups is 1. The summed E-state index contributed by atoms with van der Waals surface area (Å²) in [6.07, 6.45) is 2.84. The van der Waals surface area contributed by atoms with Crippen molar-refractivity contribution in [2.75, 3.05) is 0 Å². The highest BCUT2D eigenvalue weighted by atomic mass is 16.1. The number of nitrogens with zero attached hydrogens (tertiary/aromatic N) is 3. The molecule has 0 unspecified atom stereocenters. The number of hydrogen-bond donors (Lipinski definition) is 1. The number of carbonyl (C=O) groups excluding carboxylic acids is 1. The molecule has 5 heteroatoms. The Kier molecular flexibility index (Phi) is 4.10. The number of fused-ring (bicyclic) bond motifs is 1. The highest BCUT2D eigenvalue weighted by Crippen LogP contribution is 2.24. The maximum atomic E-state index is 10.9. The molecule has 0 saturated heterocycles. The smallest absolute Gasteiger partial charge is 0.217 e. The van der Waals surface area contributed by atoms with Crippen molar-refractivity contribution in [1.29, 1.82) is 0 Å². The predicted octanol–water partition coefficient (Wildman–Crippen LogP) is 2.98. The molecule has 2 heterocycles. The standard InChI is InChI=1S/C18H20N4O/c1-12-5-7-14(8-6-12)15-10-13(2)18-16(21-15)11-20-22(18)9-3-4-17(19)23/h5-8,10-11H,3-4,9H2,1-2H3,(H2,19,23). The first kappa shape index (κ1) is 15.2. The van der Waals surface area contributed by atoms with E-state index in [9.17, 15) is 4.79 Å². The van der Waals surface area contributed by atoms with Gasteiger partial charge in [0.1, 0.15) is 5.52 Å². The molecule has 2 N–H and O–H groups in total. The molecule has 2 aromatic heterocycles. The zero-order valence-electron chi connectivity index (χ0n) is 13.4. The van der Waals surface area contributed by atoms with Gasteiger partial charge in [0.15, 0.2) is 0 Å². The van der Waals surface area contributed by atoms with Gasteiger partial charge in [0.2, 0.25) is 5.91 Å². The molecule has 1 aromatic carbocycles. The van der Waals surface area contributed by atoms with E-state index >= 15 is 0 Å². The van der Waals surface area contributed by atoms with Gasteiger partial charge in [-0.05, 0) is 31.9 Å². The number of primary amides is 1. The summed E-state index contributed by atoms with van der Waals surface area (Å²) < 4.78 is 1.90. The van der Waals surface area contributed by atoms with Crippen molar-refractivity contribution in [3.63, 3.8) is 0 Å². The fourth-order valence-corrected chi connectivity index (χ4v) is 2.74. The van der Waals surface area contributed by atoms with Crippen LogP contribution in [-0.2, 0) is 11.3 Å². The minimum absolute atomic E-state index is 0.280. The van der Waals surface area contributed by atoms with Crippen LogP contribution < -0.4 is 5.73 Å². The van der Waals surface area contributed by atoms with Crippen LogP contribution in [0.4, 0.5) is 0 Å². The molecule has 1 amide bonds. The minimum Gasteiger partial charge on any atom is -0.370 e. The van der Waals surface area contributed by atoms with E-state index in [1.54, 1.807) is 6.20 Å². The van der Waals surface area contributed by atoms with E-state index in [-0.39, 0.29) is 5.91 Å². The van der Waals surface area contributed by atoms with Crippen molar-refractivity contribution in [3.05, 3.63) is 47.7 Å². The number of rotatable bonds is 5. The average molecular weight is 308 g/mol. The second kappa shape index (κ2) is 6.20. The van der Waals surface area contributed by atoms with Crippen LogP contribution in [0.2, 0.25) is 0 Å². The SMILES string of the molecule is Cc1ccc(-c2cc(C)c3c(cnn3CCCC(N)=O)n2)cc1. The molecule has 0 fully saturated rings.